The van der Waals surface area contributed by atoms with Crippen molar-refractivity contribution in [3.63, 3.8) is 0 Å². The van der Waals surface area contributed by atoms with Gasteiger partial charge in [0.2, 0.25) is 0 Å². The van der Waals surface area contributed by atoms with Gasteiger partial charge in [0.15, 0.2) is 0 Å². The zero-order valence-electron chi connectivity index (χ0n) is 10.8. The molecule has 0 aliphatic carbocycles. The molecule has 3 aromatic rings. The number of halogens is 1. The van der Waals surface area contributed by atoms with Crippen LogP contribution in [-0.4, -0.2) is 9.55 Å². The van der Waals surface area contributed by atoms with E-state index in [0.717, 1.165) is 40.4 Å². The van der Waals surface area contributed by atoms with Crippen LogP contribution in [0.3, 0.4) is 0 Å². The van der Waals surface area contributed by atoms with Crippen molar-refractivity contribution < 1.29 is 0 Å². The molecule has 0 atom stereocenters. The molecule has 96 valence electrons. The zero-order valence-corrected chi connectivity index (χ0v) is 11.6. The topological polar surface area (TPSA) is 17.8 Å². The predicted molar refractivity (Wildman–Crippen MR) is 80.5 cm³/mol. The molecule has 0 saturated heterocycles. The lowest BCUT2D eigenvalue weighted by molar-refractivity contribution is 0.704. The summed E-state index contributed by atoms with van der Waals surface area (Å²) in [5.41, 5.74) is 3.24. The average molecular weight is 271 g/mol. The molecule has 0 aliphatic rings. The first kappa shape index (κ1) is 12.2. The number of aromatic nitrogens is 2. The lowest BCUT2D eigenvalue weighted by Crippen LogP contribution is -1.99. The van der Waals surface area contributed by atoms with Gasteiger partial charge in [-0.1, -0.05) is 48.9 Å². The van der Waals surface area contributed by atoms with Gasteiger partial charge in [-0.3, -0.25) is 0 Å². The van der Waals surface area contributed by atoms with Crippen LogP contribution < -0.4 is 0 Å². The molecule has 2 nitrogen and oxygen atoms in total. The molecule has 19 heavy (non-hydrogen) atoms. The Kier molecular flexibility index (Phi) is 3.26. The molecule has 1 heterocycles. The standard InChI is InChI=1S/C16H15ClN2/c1-2-10-19-15-11-13(17)8-9-14(15)18-16(19)12-6-4-3-5-7-12/h3-9,11H,2,10H2,1H3. The molecule has 3 rings (SSSR count). The smallest absolute Gasteiger partial charge is 0.141 e. The highest BCUT2D eigenvalue weighted by molar-refractivity contribution is 6.31. The van der Waals surface area contributed by atoms with E-state index in [0.29, 0.717) is 0 Å². The van der Waals surface area contributed by atoms with Crippen molar-refractivity contribution in [1.29, 1.82) is 0 Å². The normalized spacial score (nSPS) is 11.1. The molecular weight excluding hydrogens is 256 g/mol. The summed E-state index contributed by atoms with van der Waals surface area (Å²) in [7, 11) is 0. The van der Waals surface area contributed by atoms with Gasteiger partial charge in [-0.25, -0.2) is 4.98 Å². The summed E-state index contributed by atoms with van der Waals surface area (Å²) in [6, 6.07) is 16.2. The molecular formula is C16H15ClN2. The molecule has 0 unspecified atom stereocenters. The Bertz CT molecular complexity index is 701. The van der Waals surface area contributed by atoms with Gasteiger partial charge in [0, 0.05) is 17.1 Å². The SMILES string of the molecule is CCCn1c(-c2ccccc2)nc2ccc(Cl)cc21. The maximum Gasteiger partial charge on any atom is 0.141 e. The van der Waals surface area contributed by atoms with Crippen LogP contribution in [0.5, 0.6) is 0 Å². The number of rotatable bonds is 3. The summed E-state index contributed by atoms with van der Waals surface area (Å²) in [6.07, 6.45) is 1.07. The number of hydrogen-bond donors (Lipinski definition) is 0. The van der Waals surface area contributed by atoms with Crippen molar-refractivity contribution in [2.75, 3.05) is 0 Å². The highest BCUT2D eigenvalue weighted by Gasteiger charge is 2.11. The van der Waals surface area contributed by atoms with Crippen molar-refractivity contribution in [2.45, 2.75) is 19.9 Å². The van der Waals surface area contributed by atoms with Crippen LogP contribution in [-0.2, 0) is 6.54 Å². The maximum atomic E-state index is 6.10. The summed E-state index contributed by atoms with van der Waals surface area (Å²) < 4.78 is 2.25. The highest BCUT2D eigenvalue weighted by Crippen LogP contribution is 2.27. The summed E-state index contributed by atoms with van der Waals surface area (Å²) in [4.78, 5) is 4.75. The second-order valence-electron chi connectivity index (χ2n) is 4.59. The van der Waals surface area contributed by atoms with Crippen molar-refractivity contribution in [3.8, 4) is 11.4 Å². The third-order valence-electron chi connectivity index (χ3n) is 3.19. The minimum Gasteiger partial charge on any atom is -0.324 e. The Morgan fingerprint density at radius 2 is 1.89 bits per heavy atom. The van der Waals surface area contributed by atoms with Gasteiger partial charge in [0.1, 0.15) is 5.82 Å². The molecule has 0 amide bonds. The van der Waals surface area contributed by atoms with E-state index in [1.165, 1.54) is 0 Å². The van der Waals surface area contributed by atoms with E-state index in [-0.39, 0.29) is 0 Å². The largest absolute Gasteiger partial charge is 0.324 e. The van der Waals surface area contributed by atoms with Crippen LogP contribution in [0.2, 0.25) is 5.02 Å². The van der Waals surface area contributed by atoms with E-state index in [9.17, 15) is 0 Å². The minimum atomic E-state index is 0.754. The molecule has 0 radical (unpaired) electrons. The third kappa shape index (κ3) is 2.24. The number of benzene rings is 2. The fourth-order valence-corrected chi connectivity index (χ4v) is 2.52. The van der Waals surface area contributed by atoms with Gasteiger partial charge in [-0.15, -0.1) is 0 Å². The quantitative estimate of drug-likeness (QED) is 0.670. The van der Waals surface area contributed by atoms with Gasteiger partial charge in [0.25, 0.3) is 0 Å². The van der Waals surface area contributed by atoms with Crippen molar-refractivity contribution >= 4 is 22.6 Å². The number of nitrogens with zero attached hydrogens (tertiary/aromatic N) is 2. The van der Waals surface area contributed by atoms with E-state index in [2.05, 4.69) is 23.6 Å². The number of aryl methyl sites for hydroxylation is 1. The fraction of sp³-hybridized carbons (Fsp3) is 0.188. The van der Waals surface area contributed by atoms with Crippen LogP contribution in [0.1, 0.15) is 13.3 Å². The highest BCUT2D eigenvalue weighted by atomic mass is 35.5. The van der Waals surface area contributed by atoms with E-state index in [4.69, 9.17) is 16.6 Å². The van der Waals surface area contributed by atoms with Crippen LogP contribution in [0.15, 0.2) is 48.5 Å². The van der Waals surface area contributed by atoms with E-state index in [1.54, 1.807) is 0 Å². The Morgan fingerprint density at radius 1 is 1.11 bits per heavy atom. The van der Waals surface area contributed by atoms with E-state index < -0.39 is 0 Å². The first-order valence-corrected chi connectivity index (χ1v) is 6.88. The Balaban J connectivity index is 2.26. The number of fused-ring (bicyclic) bond motifs is 1. The van der Waals surface area contributed by atoms with Crippen LogP contribution >= 0.6 is 11.6 Å². The lowest BCUT2D eigenvalue weighted by Gasteiger charge is -2.07. The summed E-state index contributed by atoms with van der Waals surface area (Å²) in [5.74, 6) is 1.01. The lowest BCUT2D eigenvalue weighted by atomic mass is 10.2. The van der Waals surface area contributed by atoms with Crippen LogP contribution in [0, 0.1) is 0 Å². The second-order valence-corrected chi connectivity index (χ2v) is 5.02. The van der Waals surface area contributed by atoms with Gasteiger partial charge in [0.05, 0.1) is 11.0 Å². The Morgan fingerprint density at radius 3 is 2.63 bits per heavy atom. The van der Waals surface area contributed by atoms with Crippen LogP contribution in [0.4, 0.5) is 0 Å². The van der Waals surface area contributed by atoms with Gasteiger partial charge < -0.3 is 4.57 Å². The maximum absolute atomic E-state index is 6.10. The average Bonchev–Trinajstić information content (AvgIpc) is 2.79. The number of imidazole rings is 1. The van der Waals surface area contributed by atoms with Crippen molar-refractivity contribution in [1.82, 2.24) is 9.55 Å². The Labute approximate surface area is 117 Å². The molecule has 0 saturated carbocycles. The monoisotopic (exact) mass is 270 g/mol. The molecule has 2 aromatic carbocycles. The van der Waals surface area contributed by atoms with Gasteiger partial charge in [-0.05, 0) is 24.6 Å². The third-order valence-corrected chi connectivity index (χ3v) is 3.42. The first-order valence-electron chi connectivity index (χ1n) is 6.51. The molecule has 0 fully saturated rings. The van der Waals surface area contributed by atoms with E-state index in [1.807, 2.05) is 36.4 Å². The predicted octanol–water partition coefficient (Wildman–Crippen LogP) is 4.77. The minimum absolute atomic E-state index is 0.754. The molecule has 0 spiro atoms. The fourth-order valence-electron chi connectivity index (χ4n) is 2.35. The summed E-state index contributed by atoms with van der Waals surface area (Å²) >= 11 is 6.10. The molecule has 0 aliphatic heterocycles. The summed E-state index contributed by atoms with van der Waals surface area (Å²) in [6.45, 7) is 3.12. The molecule has 1 aromatic heterocycles. The Hall–Kier alpha value is -1.80. The van der Waals surface area contributed by atoms with Crippen molar-refractivity contribution in [2.24, 2.45) is 0 Å². The first-order chi connectivity index (χ1) is 9.29. The second kappa shape index (κ2) is 5.06. The van der Waals surface area contributed by atoms with Crippen LogP contribution in [0.25, 0.3) is 22.4 Å². The summed E-state index contributed by atoms with van der Waals surface area (Å²) in [5, 5.41) is 0.754. The molecule has 3 heteroatoms. The van der Waals surface area contributed by atoms with Crippen molar-refractivity contribution in [3.05, 3.63) is 53.6 Å². The number of hydrogen-bond acceptors (Lipinski definition) is 1. The van der Waals surface area contributed by atoms with Gasteiger partial charge in [-0.2, -0.15) is 0 Å². The molecule has 0 bridgehead atoms. The van der Waals surface area contributed by atoms with Gasteiger partial charge >= 0.3 is 0 Å². The zero-order chi connectivity index (χ0) is 13.2. The molecule has 0 N–H and O–H groups in total. The van der Waals surface area contributed by atoms with E-state index >= 15 is 0 Å².